The number of likely N-dealkylation sites (N-methyl/N-ethyl adjacent to an activating group) is 1. The molecule has 1 aliphatic heterocycles. The average molecular weight is 232 g/mol. The molecule has 0 amide bonds. The van der Waals surface area contributed by atoms with Gasteiger partial charge in [-0.2, -0.15) is 0 Å². The first-order chi connectivity index (χ1) is 8.38. The van der Waals surface area contributed by atoms with Gasteiger partial charge in [0, 0.05) is 19.1 Å². The van der Waals surface area contributed by atoms with Crippen LogP contribution in [0.5, 0.6) is 0 Å². The molecule has 0 aromatic heterocycles. The van der Waals surface area contributed by atoms with Crippen LogP contribution in [0.4, 0.5) is 0 Å². The SMILES string of the molecule is CCN(CCc1ccccc1)CC1CCCN1. The summed E-state index contributed by atoms with van der Waals surface area (Å²) in [6.07, 6.45) is 3.87. The normalized spacial score (nSPS) is 20.0. The van der Waals surface area contributed by atoms with Gasteiger partial charge in [0.15, 0.2) is 0 Å². The molecule has 2 heteroatoms. The lowest BCUT2D eigenvalue weighted by atomic mass is 10.1. The summed E-state index contributed by atoms with van der Waals surface area (Å²) >= 11 is 0. The molecule has 1 aromatic rings. The van der Waals surface area contributed by atoms with Crippen LogP contribution in [0.2, 0.25) is 0 Å². The average Bonchev–Trinajstić information content (AvgIpc) is 2.88. The van der Waals surface area contributed by atoms with E-state index >= 15 is 0 Å². The van der Waals surface area contributed by atoms with Crippen molar-refractivity contribution in [3.63, 3.8) is 0 Å². The number of nitrogens with one attached hydrogen (secondary N) is 1. The quantitative estimate of drug-likeness (QED) is 0.809. The molecule has 0 saturated carbocycles. The van der Waals surface area contributed by atoms with Crippen molar-refractivity contribution in [2.75, 3.05) is 26.2 Å². The van der Waals surface area contributed by atoms with Gasteiger partial charge in [-0.15, -0.1) is 0 Å². The molecule has 94 valence electrons. The molecule has 2 rings (SSSR count). The minimum Gasteiger partial charge on any atom is -0.313 e. The molecule has 1 saturated heterocycles. The van der Waals surface area contributed by atoms with Crippen molar-refractivity contribution in [1.82, 2.24) is 10.2 Å². The van der Waals surface area contributed by atoms with E-state index in [0.29, 0.717) is 0 Å². The van der Waals surface area contributed by atoms with Gasteiger partial charge >= 0.3 is 0 Å². The third-order valence-electron chi connectivity index (χ3n) is 3.65. The minimum absolute atomic E-state index is 0.728. The zero-order chi connectivity index (χ0) is 11.9. The van der Waals surface area contributed by atoms with Gasteiger partial charge in [-0.25, -0.2) is 0 Å². The number of rotatable bonds is 6. The molecule has 0 bridgehead atoms. The van der Waals surface area contributed by atoms with E-state index in [9.17, 15) is 0 Å². The van der Waals surface area contributed by atoms with E-state index < -0.39 is 0 Å². The Labute approximate surface area is 105 Å². The van der Waals surface area contributed by atoms with Crippen LogP contribution < -0.4 is 5.32 Å². The fourth-order valence-electron chi connectivity index (χ4n) is 2.53. The lowest BCUT2D eigenvalue weighted by Gasteiger charge is -2.24. The van der Waals surface area contributed by atoms with Crippen LogP contribution in [0.1, 0.15) is 25.3 Å². The van der Waals surface area contributed by atoms with E-state index in [0.717, 1.165) is 12.6 Å². The van der Waals surface area contributed by atoms with Crippen molar-refractivity contribution < 1.29 is 0 Å². The summed E-state index contributed by atoms with van der Waals surface area (Å²) in [7, 11) is 0. The predicted octanol–water partition coefficient (Wildman–Crippen LogP) is 2.30. The summed E-state index contributed by atoms with van der Waals surface area (Å²) in [5.74, 6) is 0. The van der Waals surface area contributed by atoms with E-state index in [2.05, 4.69) is 47.5 Å². The Hall–Kier alpha value is -0.860. The molecule has 1 heterocycles. The van der Waals surface area contributed by atoms with Crippen molar-refractivity contribution in [3.8, 4) is 0 Å². The largest absolute Gasteiger partial charge is 0.313 e. The van der Waals surface area contributed by atoms with Crippen molar-refractivity contribution in [2.45, 2.75) is 32.2 Å². The maximum Gasteiger partial charge on any atom is 0.0195 e. The lowest BCUT2D eigenvalue weighted by molar-refractivity contribution is 0.264. The molecule has 1 fully saturated rings. The highest BCUT2D eigenvalue weighted by molar-refractivity contribution is 5.14. The second-order valence-electron chi connectivity index (χ2n) is 4.92. The highest BCUT2D eigenvalue weighted by atomic mass is 15.1. The summed E-state index contributed by atoms with van der Waals surface area (Å²) in [6, 6.07) is 11.5. The summed E-state index contributed by atoms with van der Waals surface area (Å²) in [5, 5.41) is 3.58. The van der Waals surface area contributed by atoms with Gasteiger partial charge in [0.05, 0.1) is 0 Å². The first-order valence-corrected chi connectivity index (χ1v) is 6.88. The molecule has 0 aliphatic carbocycles. The summed E-state index contributed by atoms with van der Waals surface area (Å²) < 4.78 is 0. The van der Waals surface area contributed by atoms with Crippen LogP contribution in [0.3, 0.4) is 0 Å². The summed E-state index contributed by atoms with van der Waals surface area (Å²) in [4.78, 5) is 2.57. The molecule has 1 aromatic carbocycles. The highest BCUT2D eigenvalue weighted by Crippen LogP contribution is 2.08. The topological polar surface area (TPSA) is 15.3 Å². The van der Waals surface area contributed by atoms with Crippen molar-refractivity contribution >= 4 is 0 Å². The Balaban J connectivity index is 1.75. The molecule has 0 radical (unpaired) electrons. The number of hydrogen-bond acceptors (Lipinski definition) is 2. The van der Waals surface area contributed by atoms with Gasteiger partial charge in [-0.3, -0.25) is 0 Å². The van der Waals surface area contributed by atoms with Crippen molar-refractivity contribution in [1.29, 1.82) is 0 Å². The third kappa shape index (κ3) is 4.14. The van der Waals surface area contributed by atoms with E-state index in [1.54, 1.807) is 0 Å². The predicted molar refractivity (Wildman–Crippen MR) is 73.3 cm³/mol. The molecular weight excluding hydrogens is 208 g/mol. The van der Waals surface area contributed by atoms with E-state index in [1.165, 1.54) is 44.5 Å². The maximum absolute atomic E-state index is 3.58. The number of benzene rings is 1. The zero-order valence-electron chi connectivity index (χ0n) is 10.9. The molecule has 2 nitrogen and oxygen atoms in total. The third-order valence-corrected chi connectivity index (χ3v) is 3.65. The van der Waals surface area contributed by atoms with Gasteiger partial charge < -0.3 is 10.2 Å². The second kappa shape index (κ2) is 6.77. The molecule has 1 N–H and O–H groups in total. The standard InChI is InChI=1S/C15H24N2/c1-2-17(13-15-9-6-11-16-15)12-10-14-7-4-3-5-8-14/h3-5,7-8,15-16H,2,6,9-13H2,1H3. The maximum atomic E-state index is 3.58. The molecule has 17 heavy (non-hydrogen) atoms. The van der Waals surface area contributed by atoms with Crippen LogP contribution >= 0.6 is 0 Å². The zero-order valence-corrected chi connectivity index (χ0v) is 10.9. The second-order valence-corrected chi connectivity index (χ2v) is 4.92. The van der Waals surface area contributed by atoms with E-state index in [-0.39, 0.29) is 0 Å². The van der Waals surface area contributed by atoms with Gasteiger partial charge in [-0.05, 0) is 37.9 Å². The van der Waals surface area contributed by atoms with Gasteiger partial charge in [0.1, 0.15) is 0 Å². The Morgan fingerprint density at radius 1 is 1.29 bits per heavy atom. The van der Waals surface area contributed by atoms with Crippen LogP contribution in [-0.4, -0.2) is 37.1 Å². The Kier molecular flexibility index (Phi) is 5.02. The number of nitrogens with zero attached hydrogens (tertiary/aromatic N) is 1. The van der Waals surface area contributed by atoms with Crippen molar-refractivity contribution in [3.05, 3.63) is 35.9 Å². The fourth-order valence-corrected chi connectivity index (χ4v) is 2.53. The molecule has 0 spiro atoms. The Bertz CT molecular complexity index is 304. The van der Waals surface area contributed by atoms with E-state index in [1.807, 2.05) is 0 Å². The lowest BCUT2D eigenvalue weighted by Crippen LogP contribution is -2.38. The van der Waals surface area contributed by atoms with Gasteiger partial charge in [0.25, 0.3) is 0 Å². The molecule has 1 unspecified atom stereocenters. The van der Waals surface area contributed by atoms with Gasteiger partial charge in [0.2, 0.25) is 0 Å². The van der Waals surface area contributed by atoms with Gasteiger partial charge in [-0.1, -0.05) is 37.3 Å². The summed E-state index contributed by atoms with van der Waals surface area (Å²) in [5.41, 5.74) is 1.45. The summed E-state index contributed by atoms with van der Waals surface area (Å²) in [6.45, 7) is 7.02. The Morgan fingerprint density at radius 3 is 2.76 bits per heavy atom. The van der Waals surface area contributed by atoms with Crippen LogP contribution in [0, 0.1) is 0 Å². The first kappa shape index (κ1) is 12.6. The van der Waals surface area contributed by atoms with Crippen molar-refractivity contribution in [2.24, 2.45) is 0 Å². The number of hydrogen-bond donors (Lipinski definition) is 1. The minimum atomic E-state index is 0.728. The molecular formula is C15H24N2. The Morgan fingerprint density at radius 2 is 2.12 bits per heavy atom. The monoisotopic (exact) mass is 232 g/mol. The highest BCUT2D eigenvalue weighted by Gasteiger charge is 2.16. The van der Waals surface area contributed by atoms with Crippen LogP contribution in [0.25, 0.3) is 0 Å². The fraction of sp³-hybridized carbons (Fsp3) is 0.600. The first-order valence-electron chi connectivity index (χ1n) is 6.88. The van der Waals surface area contributed by atoms with Crippen LogP contribution in [0.15, 0.2) is 30.3 Å². The van der Waals surface area contributed by atoms with Crippen LogP contribution in [-0.2, 0) is 6.42 Å². The smallest absolute Gasteiger partial charge is 0.0195 e. The molecule has 1 aliphatic rings. The molecule has 1 atom stereocenters. The van der Waals surface area contributed by atoms with E-state index in [4.69, 9.17) is 0 Å².